The summed E-state index contributed by atoms with van der Waals surface area (Å²) in [5.74, 6) is -0.856. The van der Waals surface area contributed by atoms with Gasteiger partial charge in [-0.15, -0.1) is 11.3 Å². The highest BCUT2D eigenvalue weighted by molar-refractivity contribution is 7.12. The van der Waals surface area contributed by atoms with Crippen molar-refractivity contribution in [3.8, 4) is 0 Å². The summed E-state index contributed by atoms with van der Waals surface area (Å²) in [6, 6.07) is 1.67. The van der Waals surface area contributed by atoms with Crippen LogP contribution in [0.1, 0.15) is 28.6 Å². The lowest BCUT2D eigenvalue weighted by atomic mass is 10.1. The lowest BCUT2D eigenvalue weighted by Gasteiger charge is -2.34. The zero-order chi connectivity index (χ0) is 13.1. The van der Waals surface area contributed by atoms with E-state index in [0.29, 0.717) is 18.0 Å². The van der Waals surface area contributed by atoms with Crippen molar-refractivity contribution in [3.63, 3.8) is 0 Å². The number of carboxylic acids is 1. The van der Waals surface area contributed by atoms with Gasteiger partial charge in [0.15, 0.2) is 0 Å². The van der Waals surface area contributed by atoms with Crippen LogP contribution >= 0.6 is 11.3 Å². The van der Waals surface area contributed by atoms with Crippen LogP contribution in [-0.4, -0.2) is 41.0 Å². The second-order valence-corrected chi connectivity index (χ2v) is 5.18. The van der Waals surface area contributed by atoms with Crippen molar-refractivity contribution in [3.05, 3.63) is 21.9 Å². The predicted molar refractivity (Wildman–Crippen MR) is 68.8 cm³/mol. The van der Waals surface area contributed by atoms with E-state index in [-0.39, 0.29) is 11.9 Å². The molecular formula is C12H16N2O3S. The molecule has 0 aromatic carbocycles. The third-order valence-corrected chi connectivity index (χ3v) is 4.09. The van der Waals surface area contributed by atoms with E-state index in [2.05, 4.69) is 5.32 Å². The quantitative estimate of drug-likeness (QED) is 0.859. The highest BCUT2D eigenvalue weighted by Gasteiger charge is 2.28. The van der Waals surface area contributed by atoms with E-state index in [4.69, 9.17) is 5.11 Å². The maximum atomic E-state index is 11.7. The minimum Gasteiger partial charge on any atom is -0.477 e. The number of aromatic carboxylic acids is 1. The average molecular weight is 268 g/mol. The van der Waals surface area contributed by atoms with Crippen molar-refractivity contribution in [2.45, 2.75) is 25.9 Å². The van der Waals surface area contributed by atoms with Crippen LogP contribution in [0.5, 0.6) is 0 Å². The Bertz CT molecular complexity index is 458. The minimum absolute atomic E-state index is 0.0378. The summed E-state index contributed by atoms with van der Waals surface area (Å²) in [5.41, 5.74) is 0.792. The number of hydrogen-bond donors (Lipinski definition) is 2. The molecule has 1 atom stereocenters. The second-order valence-electron chi connectivity index (χ2n) is 4.27. The van der Waals surface area contributed by atoms with E-state index in [1.165, 1.54) is 11.3 Å². The van der Waals surface area contributed by atoms with Crippen LogP contribution in [0.2, 0.25) is 0 Å². The number of hydrogen-bond acceptors (Lipinski definition) is 4. The zero-order valence-electron chi connectivity index (χ0n) is 10.2. The lowest BCUT2D eigenvalue weighted by Crippen LogP contribution is -2.54. The molecule has 1 aromatic rings. The molecule has 2 rings (SSSR count). The Kier molecular flexibility index (Phi) is 3.98. The van der Waals surface area contributed by atoms with Gasteiger partial charge in [-0.1, -0.05) is 6.92 Å². The SMILES string of the molecule is CCC1C(=O)NCCN1Cc1ccsc1C(=O)O. The topological polar surface area (TPSA) is 69.6 Å². The third-order valence-electron chi connectivity index (χ3n) is 3.14. The normalized spacial score (nSPS) is 20.7. The summed E-state index contributed by atoms with van der Waals surface area (Å²) < 4.78 is 0. The molecular weight excluding hydrogens is 252 g/mol. The van der Waals surface area contributed by atoms with E-state index < -0.39 is 5.97 Å². The van der Waals surface area contributed by atoms with Crippen LogP contribution in [0.15, 0.2) is 11.4 Å². The van der Waals surface area contributed by atoms with Gasteiger partial charge in [0.05, 0.1) is 6.04 Å². The Morgan fingerprint density at radius 2 is 2.44 bits per heavy atom. The first-order valence-corrected chi connectivity index (χ1v) is 6.83. The molecule has 0 spiro atoms. The monoisotopic (exact) mass is 268 g/mol. The largest absolute Gasteiger partial charge is 0.477 e. The van der Waals surface area contributed by atoms with Crippen LogP contribution < -0.4 is 5.32 Å². The zero-order valence-corrected chi connectivity index (χ0v) is 11.0. The average Bonchev–Trinajstić information content (AvgIpc) is 2.77. The predicted octanol–water partition coefficient (Wildman–Crippen LogP) is 1.16. The summed E-state index contributed by atoms with van der Waals surface area (Å²) >= 11 is 1.23. The molecule has 98 valence electrons. The number of amides is 1. The lowest BCUT2D eigenvalue weighted by molar-refractivity contribution is -0.129. The molecule has 1 unspecified atom stereocenters. The Balaban J connectivity index is 2.14. The van der Waals surface area contributed by atoms with Crippen molar-refractivity contribution < 1.29 is 14.7 Å². The van der Waals surface area contributed by atoms with Gasteiger partial charge >= 0.3 is 5.97 Å². The molecule has 0 bridgehead atoms. The number of piperazine rings is 1. The fourth-order valence-electron chi connectivity index (χ4n) is 2.26. The number of rotatable bonds is 4. The molecule has 1 amide bonds. The van der Waals surface area contributed by atoms with Crippen LogP contribution in [0, 0.1) is 0 Å². The number of thiophene rings is 1. The summed E-state index contributed by atoms with van der Waals surface area (Å²) in [4.78, 5) is 25.2. The standard InChI is InChI=1S/C12H16N2O3S/c1-2-9-11(15)13-4-5-14(9)7-8-3-6-18-10(8)12(16)17/h3,6,9H,2,4-5,7H2,1H3,(H,13,15)(H,16,17). The number of nitrogens with one attached hydrogen (secondary N) is 1. The van der Waals surface area contributed by atoms with Crippen molar-refractivity contribution in [2.24, 2.45) is 0 Å². The number of carbonyl (C=O) groups excluding carboxylic acids is 1. The highest BCUT2D eigenvalue weighted by atomic mass is 32.1. The molecule has 1 aromatic heterocycles. The Morgan fingerprint density at radius 1 is 1.67 bits per heavy atom. The van der Waals surface area contributed by atoms with Gasteiger partial charge in [-0.05, 0) is 23.4 Å². The molecule has 6 heteroatoms. The van der Waals surface area contributed by atoms with Crippen molar-refractivity contribution in [1.82, 2.24) is 10.2 Å². The fraction of sp³-hybridized carbons (Fsp3) is 0.500. The van der Waals surface area contributed by atoms with Gasteiger partial charge in [0, 0.05) is 19.6 Å². The van der Waals surface area contributed by atoms with E-state index in [9.17, 15) is 9.59 Å². The van der Waals surface area contributed by atoms with Crippen molar-refractivity contribution >= 4 is 23.2 Å². The molecule has 0 radical (unpaired) electrons. The molecule has 0 aliphatic carbocycles. The van der Waals surface area contributed by atoms with Crippen LogP contribution in [0.25, 0.3) is 0 Å². The highest BCUT2D eigenvalue weighted by Crippen LogP contribution is 2.21. The maximum Gasteiger partial charge on any atom is 0.346 e. The van der Waals surface area contributed by atoms with E-state index in [1.54, 1.807) is 5.38 Å². The Hall–Kier alpha value is -1.40. The van der Waals surface area contributed by atoms with Crippen LogP contribution in [0.3, 0.4) is 0 Å². The fourth-order valence-corrected chi connectivity index (χ4v) is 3.01. The molecule has 1 saturated heterocycles. The second kappa shape index (κ2) is 5.49. The smallest absolute Gasteiger partial charge is 0.346 e. The summed E-state index contributed by atoms with van der Waals surface area (Å²) in [5, 5.41) is 13.7. The van der Waals surface area contributed by atoms with Crippen molar-refractivity contribution in [2.75, 3.05) is 13.1 Å². The van der Waals surface area contributed by atoms with E-state index in [0.717, 1.165) is 18.5 Å². The molecule has 1 fully saturated rings. The first kappa shape index (κ1) is 13.0. The van der Waals surface area contributed by atoms with Crippen LogP contribution in [0.4, 0.5) is 0 Å². The Morgan fingerprint density at radius 3 is 3.11 bits per heavy atom. The van der Waals surface area contributed by atoms with Gasteiger partial charge in [-0.2, -0.15) is 0 Å². The number of carbonyl (C=O) groups is 2. The third kappa shape index (κ3) is 2.54. The molecule has 2 N–H and O–H groups in total. The van der Waals surface area contributed by atoms with Crippen LogP contribution in [-0.2, 0) is 11.3 Å². The molecule has 2 heterocycles. The molecule has 5 nitrogen and oxygen atoms in total. The first-order chi connectivity index (χ1) is 8.63. The minimum atomic E-state index is -0.894. The Labute approximate surface area is 109 Å². The van der Waals surface area contributed by atoms with Gasteiger partial charge in [0.2, 0.25) is 5.91 Å². The number of nitrogens with zero attached hydrogens (tertiary/aromatic N) is 1. The van der Waals surface area contributed by atoms with Crippen molar-refractivity contribution in [1.29, 1.82) is 0 Å². The molecule has 1 aliphatic heterocycles. The summed E-state index contributed by atoms with van der Waals surface area (Å²) in [6.45, 7) is 3.88. The van der Waals surface area contributed by atoms with Gasteiger partial charge in [-0.25, -0.2) is 4.79 Å². The summed E-state index contributed by atoms with van der Waals surface area (Å²) in [6.07, 6.45) is 0.734. The van der Waals surface area contributed by atoms with Gasteiger partial charge in [0.1, 0.15) is 4.88 Å². The molecule has 0 saturated carbocycles. The van der Waals surface area contributed by atoms with Gasteiger partial charge in [0.25, 0.3) is 0 Å². The van der Waals surface area contributed by atoms with E-state index in [1.807, 2.05) is 17.9 Å². The molecule has 1 aliphatic rings. The molecule has 18 heavy (non-hydrogen) atoms. The maximum absolute atomic E-state index is 11.7. The number of carboxylic acid groups (broad SMARTS) is 1. The van der Waals surface area contributed by atoms with E-state index >= 15 is 0 Å². The van der Waals surface area contributed by atoms with Gasteiger partial charge in [-0.3, -0.25) is 9.69 Å². The first-order valence-electron chi connectivity index (χ1n) is 5.95. The van der Waals surface area contributed by atoms with Gasteiger partial charge < -0.3 is 10.4 Å². The summed E-state index contributed by atoms with van der Waals surface area (Å²) in [7, 11) is 0.